The van der Waals surface area contributed by atoms with Crippen LogP contribution in [0, 0.1) is 0 Å². The number of hydrogen-bond donors (Lipinski definition) is 2. The van der Waals surface area contributed by atoms with E-state index in [-0.39, 0.29) is 5.76 Å². The Bertz CT molecular complexity index is 625. The number of anilines is 1. The highest BCUT2D eigenvalue weighted by molar-refractivity contribution is 6.31. The molecular weight excluding hydrogens is 284 g/mol. The minimum atomic E-state index is -0.716. The van der Waals surface area contributed by atoms with Crippen molar-refractivity contribution < 1.29 is 18.7 Å². The van der Waals surface area contributed by atoms with Crippen molar-refractivity contribution in [2.24, 2.45) is 0 Å². The first-order chi connectivity index (χ1) is 9.60. The van der Waals surface area contributed by atoms with Gasteiger partial charge in [0.15, 0.2) is 5.76 Å². The standard InChI is InChI=1S/C13H11ClN2O4/c1-19-10-5-4-8(14)7-9(10)15-13(18)16-12(17)11-3-2-6-20-11/h2-7H,1H3,(H2,15,16,17,18). The van der Waals surface area contributed by atoms with Gasteiger partial charge in [-0.2, -0.15) is 0 Å². The first kappa shape index (κ1) is 14.0. The van der Waals surface area contributed by atoms with Gasteiger partial charge in [-0.1, -0.05) is 11.6 Å². The molecule has 7 heteroatoms. The monoisotopic (exact) mass is 294 g/mol. The Hall–Kier alpha value is -2.47. The van der Waals surface area contributed by atoms with E-state index >= 15 is 0 Å². The Labute approximate surface area is 119 Å². The molecule has 3 amide bonds. The molecule has 0 bridgehead atoms. The highest BCUT2D eigenvalue weighted by Crippen LogP contribution is 2.27. The molecule has 104 valence electrons. The van der Waals surface area contributed by atoms with Gasteiger partial charge in [0, 0.05) is 5.02 Å². The summed E-state index contributed by atoms with van der Waals surface area (Å²) < 4.78 is 9.95. The van der Waals surface area contributed by atoms with E-state index in [1.54, 1.807) is 18.2 Å². The van der Waals surface area contributed by atoms with Crippen LogP contribution in [0.5, 0.6) is 5.75 Å². The van der Waals surface area contributed by atoms with Crippen LogP contribution in [-0.2, 0) is 0 Å². The van der Waals surface area contributed by atoms with E-state index < -0.39 is 11.9 Å². The van der Waals surface area contributed by atoms with Crippen LogP contribution in [0.1, 0.15) is 10.6 Å². The van der Waals surface area contributed by atoms with E-state index in [9.17, 15) is 9.59 Å². The number of imide groups is 1. The van der Waals surface area contributed by atoms with Gasteiger partial charge in [-0.15, -0.1) is 0 Å². The van der Waals surface area contributed by atoms with Crippen molar-refractivity contribution in [2.75, 3.05) is 12.4 Å². The Kier molecular flexibility index (Phi) is 4.27. The van der Waals surface area contributed by atoms with Crippen molar-refractivity contribution in [3.05, 3.63) is 47.4 Å². The Morgan fingerprint density at radius 2 is 2.10 bits per heavy atom. The van der Waals surface area contributed by atoms with Gasteiger partial charge >= 0.3 is 6.03 Å². The third-order valence-corrected chi connectivity index (χ3v) is 2.62. The molecule has 6 nitrogen and oxygen atoms in total. The first-order valence-electron chi connectivity index (χ1n) is 5.59. The van der Waals surface area contributed by atoms with Crippen LogP contribution in [0.4, 0.5) is 10.5 Å². The fraction of sp³-hybridized carbons (Fsp3) is 0.0769. The van der Waals surface area contributed by atoms with Crippen LogP contribution in [0.2, 0.25) is 5.02 Å². The fourth-order valence-electron chi connectivity index (χ4n) is 1.50. The van der Waals surface area contributed by atoms with E-state index in [1.807, 2.05) is 0 Å². The smallest absolute Gasteiger partial charge is 0.326 e. The average Bonchev–Trinajstić information content (AvgIpc) is 2.92. The van der Waals surface area contributed by atoms with Crippen molar-refractivity contribution in [3.8, 4) is 5.75 Å². The molecule has 2 N–H and O–H groups in total. The Morgan fingerprint density at radius 1 is 1.30 bits per heavy atom. The maximum atomic E-state index is 11.7. The number of ether oxygens (including phenoxy) is 1. The summed E-state index contributed by atoms with van der Waals surface area (Å²) in [5.41, 5.74) is 0.352. The Morgan fingerprint density at radius 3 is 2.75 bits per heavy atom. The topological polar surface area (TPSA) is 80.6 Å². The normalized spacial score (nSPS) is 9.90. The number of benzene rings is 1. The Balaban J connectivity index is 2.05. The molecule has 0 fully saturated rings. The lowest BCUT2D eigenvalue weighted by Gasteiger charge is -2.10. The molecule has 0 unspecified atom stereocenters. The summed E-state index contributed by atoms with van der Waals surface area (Å²) in [5, 5.41) is 5.02. The molecule has 0 atom stereocenters. The van der Waals surface area contributed by atoms with Crippen molar-refractivity contribution in [2.45, 2.75) is 0 Å². The van der Waals surface area contributed by atoms with Crippen molar-refractivity contribution in [1.29, 1.82) is 0 Å². The second kappa shape index (κ2) is 6.12. The lowest BCUT2D eigenvalue weighted by molar-refractivity contribution is 0.0940. The summed E-state index contributed by atoms with van der Waals surface area (Å²) in [4.78, 5) is 23.3. The molecule has 0 aliphatic rings. The molecule has 0 aliphatic carbocycles. The number of hydrogen-bond acceptors (Lipinski definition) is 4. The van der Waals surface area contributed by atoms with Crippen LogP contribution in [0.3, 0.4) is 0 Å². The van der Waals surface area contributed by atoms with Crippen molar-refractivity contribution >= 4 is 29.2 Å². The van der Waals surface area contributed by atoms with E-state index in [1.165, 1.54) is 25.5 Å². The number of halogens is 1. The molecule has 1 heterocycles. The maximum Gasteiger partial charge on any atom is 0.326 e. The predicted molar refractivity (Wildman–Crippen MR) is 73.2 cm³/mol. The molecule has 2 aromatic rings. The zero-order valence-electron chi connectivity index (χ0n) is 10.5. The zero-order chi connectivity index (χ0) is 14.5. The van der Waals surface area contributed by atoms with Crippen molar-refractivity contribution in [3.63, 3.8) is 0 Å². The fourth-order valence-corrected chi connectivity index (χ4v) is 1.68. The van der Waals surface area contributed by atoms with E-state index in [4.69, 9.17) is 20.8 Å². The molecule has 2 rings (SSSR count). The second-order valence-corrected chi connectivity index (χ2v) is 4.17. The quantitative estimate of drug-likeness (QED) is 0.912. The van der Waals surface area contributed by atoms with Gasteiger partial charge in [0.1, 0.15) is 5.75 Å². The summed E-state index contributed by atoms with van der Waals surface area (Å²) in [6.45, 7) is 0. The van der Waals surface area contributed by atoms with Crippen LogP contribution in [0.25, 0.3) is 0 Å². The maximum absolute atomic E-state index is 11.7. The highest BCUT2D eigenvalue weighted by atomic mass is 35.5. The molecule has 1 aromatic heterocycles. The molecule has 0 spiro atoms. The van der Waals surface area contributed by atoms with Crippen LogP contribution >= 0.6 is 11.6 Å². The number of carbonyl (C=O) groups is 2. The molecule has 0 saturated heterocycles. The third kappa shape index (κ3) is 3.30. The first-order valence-corrected chi connectivity index (χ1v) is 5.97. The van der Waals surface area contributed by atoms with E-state index in [0.29, 0.717) is 16.5 Å². The summed E-state index contributed by atoms with van der Waals surface area (Å²) in [6.07, 6.45) is 1.34. The van der Waals surface area contributed by atoms with Gasteiger partial charge in [-0.25, -0.2) is 4.79 Å². The van der Waals surface area contributed by atoms with Crippen LogP contribution < -0.4 is 15.4 Å². The molecule has 0 saturated carbocycles. The van der Waals surface area contributed by atoms with Gasteiger partial charge < -0.3 is 14.5 Å². The average molecular weight is 295 g/mol. The lowest BCUT2D eigenvalue weighted by Crippen LogP contribution is -2.34. The third-order valence-electron chi connectivity index (χ3n) is 2.38. The highest BCUT2D eigenvalue weighted by Gasteiger charge is 2.14. The number of amides is 3. The zero-order valence-corrected chi connectivity index (χ0v) is 11.2. The molecule has 20 heavy (non-hydrogen) atoms. The number of nitrogens with one attached hydrogen (secondary N) is 2. The van der Waals surface area contributed by atoms with Gasteiger partial charge in [0.25, 0.3) is 5.91 Å². The van der Waals surface area contributed by atoms with Crippen LogP contribution in [0.15, 0.2) is 41.0 Å². The summed E-state index contributed by atoms with van der Waals surface area (Å²) in [7, 11) is 1.46. The minimum Gasteiger partial charge on any atom is -0.495 e. The molecular formula is C13H11ClN2O4. The predicted octanol–water partition coefficient (Wildman–Crippen LogP) is 2.90. The number of rotatable bonds is 3. The summed E-state index contributed by atoms with van der Waals surface area (Å²) in [6, 6.07) is 7.02. The van der Waals surface area contributed by atoms with Crippen molar-refractivity contribution in [1.82, 2.24) is 5.32 Å². The van der Waals surface area contributed by atoms with Gasteiger partial charge in [-0.3, -0.25) is 10.1 Å². The van der Waals surface area contributed by atoms with E-state index in [0.717, 1.165) is 0 Å². The molecule has 1 aromatic carbocycles. The molecule has 0 radical (unpaired) electrons. The molecule has 0 aliphatic heterocycles. The second-order valence-electron chi connectivity index (χ2n) is 3.73. The van der Waals surface area contributed by atoms with Gasteiger partial charge in [-0.05, 0) is 30.3 Å². The number of methoxy groups -OCH3 is 1. The minimum absolute atomic E-state index is 0.0400. The largest absolute Gasteiger partial charge is 0.495 e. The van der Waals surface area contributed by atoms with Crippen LogP contribution in [-0.4, -0.2) is 19.0 Å². The number of furan rings is 1. The van der Waals surface area contributed by atoms with Gasteiger partial charge in [0.2, 0.25) is 0 Å². The van der Waals surface area contributed by atoms with Gasteiger partial charge in [0.05, 0.1) is 19.1 Å². The number of urea groups is 1. The SMILES string of the molecule is COc1ccc(Cl)cc1NC(=O)NC(=O)c1ccco1. The lowest BCUT2D eigenvalue weighted by atomic mass is 10.3. The summed E-state index contributed by atoms with van der Waals surface area (Å²) >= 11 is 5.84. The van der Waals surface area contributed by atoms with E-state index in [2.05, 4.69) is 10.6 Å². The number of carbonyl (C=O) groups excluding carboxylic acids is 2. The summed E-state index contributed by atoms with van der Waals surface area (Å²) in [5.74, 6) is -0.179.